The van der Waals surface area contributed by atoms with Gasteiger partial charge in [-0.2, -0.15) is 5.10 Å². The lowest BCUT2D eigenvalue weighted by atomic mass is 10.2. The summed E-state index contributed by atoms with van der Waals surface area (Å²) < 4.78 is 5.85. The van der Waals surface area contributed by atoms with Crippen molar-refractivity contribution in [3.8, 4) is 0 Å². The number of anilines is 1. The van der Waals surface area contributed by atoms with Crippen molar-refractivity contribution >= 4 is 16.5 Å². The zero-order valence-corrected chi connectivity index (χ0v) is 10.8. The molecule has 0 bridgehead atoms. The Balaban J connectivity index is 2.25. The summed E-state index contributed by atoms with van der Waals surface area (Å²) in [5.74, 6) is 5.40. The van der Waals surface area contributed by atoms with Gasteiger partial charge in [-0.05, 0) is 18.9 Å². The van der Waals surface area contributed by atoms with Crippen molar-refractivity contribution < 1.29 is 0 Å². The van der Waals surface area contributed by atoms with Gasteiger partial charge in [0.2, 0.25) is 0 Å². The molecule has 2 aromatic rings. The van der Waals surface area contributed by atoms with E-state index >= 15 is 0 Å². The zero-order chi connectivity index (χ0) is 12.3. The van der Waals surface area contributed by atoms with Gasteiger partial charge in [0.25, 0.3) is 0 Å². The number of hydrogen-bond donors (Lipinski definition) is 2. The molecule has 92 valence electrons. The standard InChI is InChI=1S/C10H16N6S/c1-3-7-5-8(4-2)16(14-7)6-9-10(12-11)17-15-13-9/h5,12H,3-4,6,11H2,1-2H3. The summed E-state index contributed by atoms with van der Waals surface area (Å²) in [6.07, 6.45) is 1.90. The predicted molar refractivity (Wildman–Crippen MR) is 67.8 cm³/mol. The zero-order valence-electron chi connectivity index (χ0n) is 9.97. The molecule has 0 aliphatic rings. The van der Waals surface area contributed by atoms with E-state index < -0.39 is 0 Å². The maximum absolute atomic E-state index is 5.40. The minimum absolute atomic E-state index is 0.610. The second kappa shape index (κ2) is 5.24. The number of nitrogen functional groups attached to an aromatic ring is 1. The van der Waals surface area contributed by atoms with Gasteiger partial charge in [0.05, 0.1) is 12.2 Å². The Labute approximate surface area is 104 Å². The number of aromatic nitrogens is 4. The fraction of sp³-hybridized carbons (Fsp3) is 0.500. The first-order chi connectivity index (χ1) is 8.28. The second-order valence-corrected chi connectivity index (χ2v) is 4.44. The van der Waals surface area contributed by atoms with Crippen LogP contribution in [0.15, 0.2) is 6.07 Å². The highest BCUT2D eigenvalue weighted by Crippen LogP contribution is 2.18. The molecule has 0 unspecified atom stereocenters. The number of aryl methyl sites for hydroxylation is 2. The van der Waals surface area contributed by atoms with Crippen molar-refractivity contribution in [3.63, 3.8) is 0 Å². The first-order valence-electron chi connectivity index (χ1n) is 5.61. The minimum Gasteiger partial charge on any atom is -0.313 e. The molecule has 0 saturated heterocycles. The molecular formula is C10H16N6S. The van der Waals surface area contributed by atoms with E-state index in [0.717, 1.165) is 29.2 Å². The Bertz CT molecular complexity index is 489. The summed E-state index contributed by atoms with van der Waals surface area (Å²) in [4.78, 5) is 0. The monoisotopic (exact) mass is 252 g/mol. The van der Waals surface area contributed by atoms with Crippen LogP contribution in [0.2, 0.25) is 0 Å². The highest BCUT2D eigenvalue weighted by Gasteiger charge is 2.11. The van der Waals surface area contributed by atoms with Crippen molar-refractivity contribution in [1.82, 2.24) is 19.4 Å². The molecule has 0 saturated carbocycles. The van der Waals surface area contributed by atoms with Crippen LogP contribution in [0.5, 0.6) is 0 Å². The van der Waals surface area contributed by atoms with Crippen LogP contribution >= 0.6 is 11.5 Å². The van der Waals surface area contributed by atoms with Gasteiger partial charge in [0.1, 0.15) is 10.7 Å². The predicted octanol–water partition coefficient (Wildman–Crippen LogP) is 1.19. The van der Waals surface area contributed by atoms with Crippen LogP contribution in [0.4, 0.5) is 5.00 Å². The average molecular weight is 252 g/mol. The molecule has 3 N–H and O–H groups in total. The summed E-state index contributed by atoms with van der Waals surface area (Å²) >= 11 is 1.26. The molecule has 0 fully saturated rings. The van der Waals surface area contributed by atoms with E-state index in [4.69, 9.17) is 5.84 Å². The van der Waals surface area contributed by atoms with E-state index in [9.17, 15) is 0 Å². The molecule has 2 aromatic heterocycles. The normalized spacial score (nSPS) is 10.8. The molecule has 6 nitrogen and oxygen atoms in total. The molecular weight excluding hydrogens is 236 g/mol. The van der Waals surface area contributed by atoms with Gasteiger partial charge < -0.3 is 5.43 Å². The summed E-state index contributed by atoms with van der Waals surface area (Å²) in [6.45, 7) is 4.83. The SMILES string of the molecule is CCc1cc(CC)n(Cc2nnsc2NN)n1. The van der Waals surface area contributed by atoms with Crippen molar-refractivity contribution in [2.75, 3.05) is 5.43 Å². The maximum Gasteiger partial charge on any atom is 0.149 e. The smallest absolute Gasteiger partial charge is 0.149 e. The van der Waals surface area contributed by atoms with E-state index in [1.165, 1.54) is 17.2 Å². The molecule has 2 rings (SSSR count). The molecule has 0 radical (unpaired) electrons. The van der Waals surface area contributed by atoms with Crippen LogP contribution in [-0.4, -0.2) is 19.4 Å². The Morgan fingerprint density at radius 2 is 2.24 bits per heavy atom. The fourth-order valence-electron chi connectivity index (χ4n) is 1.67. The summed E-state index contributed by atoms with van der Waals surface area (Å²) in [5, 5.41) is 9.38. The largest absolute Gasteiger partial charge is 0.313 e. The van der Waals surface area contributed by atoms with E-state index in [-0.39, 0.29) is 0 Å². The number of nitrogens with zero attached hydrogens (tertiary/aromatic N) is 4. The Hall–Kier alpha value is -1.47. The van der Waals surface area contributed by atoms with Gasteiger partial charge in [0, 0.05) is 17.2 Å². The molecule has 0 aliphatic carbocycles. The molecule has 0 atom stereocenters. The minimum atomic E-state index is 0.610. The summed E-state index contributed by atoms with van der Waals surface area (Å²) in [7, 11) is 0. The van der Waals surface area contributed by atoms with Crippen LogP contribution in [0.1, 0.15) is 30.9 Å². The lowest BCUT2D eigenvalue weighted by Crippen LogP contribution is -2.11. The average Bonchev–Trinajstić information content (AvgIpc) is 2.95. The van der Waals surface area contributed by atoms with Crippen molar-refractivity contribution in [1.29, 1.82) is 0 Å². The maximum atomic E-state index is 5.40. The molecule has 7 heteroatoms. The lowest BCUT2D eigenvalue weighted by molar-refractivity contribution is 0.629. The van der Waals surface area contributed by atoms with Gasteiger partial charge in [-0.15, -0.1) is 5.10 Å². The highest BCUT2D eigenvalue weighted by atomic mass is 32.1. The topological polar surface area (TPSA) is 81.7 Å². The first-order valence-corrected chi connectivity index (χ1v) is 6.39. The Morgan fingerprint density at radius 3 is 2.88 bits per heavy atom. The van der Waals surface area contributed by atoms with E-state index in [2.05, 4.69) is 40.0 Å². The van der Waals surface area contributed by atoms with Gasteiger partial charge in [-0.3, -0.25) is 4.68 Å². The second-order valence-electron chi connectivity index (χ2n) is 3.68. The van der Waals surface area contributed by atoms with E-state index in [1.54, 1.807) is 0 Å². The van der Waals surface area contributed by atoms with Crippen LogP contribution in [0.3, 0.4) is 0 Å². The van der Waals surface area contributed by atoms with Gasteiger partial charge in [-0.25, -0.2) is 5.84 Å². The molecule has 0 amide bonds. The van der Waals surface area contributed by atoms with Crippen molar-refractivity contribution in [2.45, 2.75) is 33.2 Å². The van der Waals surface area contributed by atoms with E-state index in [1.807, 2.05) is 4.68 Å². The van der Waals surface area contributed by atoms with Gasteiger partial charge >= 0.3 is 0 Å². The first kappa shape index (κ1) is 12.0. The van der Waals surface area contributed by atoms with Crippen molar-refractivity contribution in [3.05, 3.63) is 23.1 Å². The molecule has 17 heavy (non-hydrogen) atoms. The number of hydrogen-bond acceptors (Lipinski definition) is 6. The van der Waals surface area contributed by atoms with Crippen LogP contribution in [-0.2, 0) is 19.4 Å². The third-order valence-electron chi connectivity index (χ3n) is 2.62. The molecule has 2 heterocycles. The summed E-state index contributed by atoms with van der Waals surface area (Å²) in [6, 6.07) is 2.13. The lowest BCUT2D eigenvalue weighted by Gasteiger charge is -2.04. The fourth-order valence-corrected chi connectivity index (χ4v) is 2.16. The molecule has 0 aromatic carbocycles. The third-order valence-corrected chi connectivity index (χ3v) is 3.32. The van der Waals surface area contributed by atoms with Crippen molar-refractivity contribution in [2.24, 2.45) is 5.84 Å². The van der Waals surface area contributed by atoms with Gasteiger partial charge in [-0.1, -0.05) is 18.3 Å². The Kier molecular flexibility index (Phi) is 3.70. The van der Waals surface area contributed by atoms with Gasteiger partial charge in [0.15, 0.2) is 0 Å². The number of hydrazine groups is 1. The molecule has 0 spiro atoms. The molecule has 0 aliphatic heterocycles. The number of nitrogens with one attached hydrogen (secondary N) is 1. The third kappa shape index (κ3) is 2.45. The summed E-state index contributed by atoms with van der Waals surface area (Å²) in [5.41, 5.74) is 5.75. The number of rotatable bonds is 5. The van der Waals surface area contributed by atoms with Crippen LogP contribution < -0.4 is 11.3 Å². The number of nitrogens with two attached hydrogens (primary N) is 1. The quantitative estimate of drug-likeness (QED) is 0.617. The van der Waals surface area contributed by atoms with E-state index in [0.29, 0.717) is 6.54 Å². The highest BCUT2D eigenvalue weighted by molar-refractivity contribution is 7.10. The van der Waals surface area contributed by atoms with Crippen LogP contribution in [0, 0.1) is 0 Å². The Morgan fingerprint density at radius 1 is 1.41 bits per heavy atom. The van der Waals surface area contributed by atoms with Crippen LogP contribution in [0.25, 0.3) is 0 Å².